The summed E-state index contributed by atoms with van der Waals surface area (Å²) < 4.78 is 11.5. The van der Waals surface area contributed by atoms with Crippen molar-refractivity contribution in [3.05, 3.63) is 57.0 Å². The minimum atomic E-state index is 0.331. The highest BCUT2D eigenvalue weighted by atomic mass is 35.5. The summed E-state index contributed by atoms with van der Waals surface area (Å²) in [5.74, 6) is 1.32. The number of aryl methyl sites for hydroxylation is 1. The summed E-state index contributed by atoms with van der Waals surface area (Å²) in [7, 11) is 0. The van der Waals surface area contributed by atoms with E-state index in [1.165, 1.54) is 6.21 Å². The van der Waals surface area contributed by atoms with Gasteiger partial charge in [-0.2, -0.15) is 10.1 Å². The molecule has 0 aliphatic heterocycles. The van der Waals surface area contributed by atoms with E-state index in [0.717, 1.165) is 11.1 Å². The first-order chi connectivity index (χ1) is 11.6. The number of benzene rings is 1. The summed E-state index contributed by atoms with van der Waals surface area (Å²) in [6, 6.07) is 9.18. The lowest BCUT2D eigenvalue weighted by Crippen LogP contribution is -1.98. The molecule has 0 fully saturated rings. The maximum atomic E-state index is 6.17. The van der Waals surface area contributed by atoms with Crippen molar-refractivity contribution in [1.82, 2.24) is 15.2 Å². The van der Waals surface area contributed by atoms with Gasteiger partial charge in [0.2, 0.25) is 10.7 Å². The second-order valence-corrected chi connectivity index (χ2v) is 5.66. The zero-order valence-electron chi connectivity index (χ0n) is 12.7. The number of nitrogens with one attached hydrogen (secondary N) is 3. The van der Waals surface area contributed by atoms with Crippen LogP contribution in [0, 0.1) is 11.7 Å². The fourth-order valence-electron chi connectivity index (χ4n) is 1.95. The third kappa shape index (κ3) is 4.03. The molecule has 3 N–H and O–H groups in total. The Kier molecular flexibility index (Phi) is 4.97. The van der Waals surface area contributed by atoms with E-state index in [1.54, 1.807) is 12.1 Å². The molecule has 0 amide bonds. The standard InChI is InChI=1S/C15H14ClN5O2S/c1-9-3-2-4-12(16)11(9)8-22-13-6-5-10(23-13)7-17-19-14-18-15(24)21-20-14/h2-7H,8H2,1H3,(H3,18,19,20,21,24)/b17-7-. The third-order valence-electron chi connectivity index (χ3n) is 3.18. The maximum Gasteiger partial charge on any atom is 0.285 e. The lowest BCUT2D eigenvalue weighted by Gasteiger charge is -2.08. The number of hydrogen-bond donors (Lipinski definition) is 3. The fourth-order valence-corrected chi connectivity index (χ4v) is 2.37. The molecule has 7 nitrogen and oxygen atoms in total. The molecule has 0 unspecified atom stereocenters. The van der Waals surface area contributed by atoms with E-state index in [9.17, 15) is 0 Å². The molecule has 0 saturated heterocycles. The van der Waals surface area contributed by atoms with Crippen LogP contribution in [0.3, 0.4) is 0 Å². The van der Waals surface area contributed by atoms with Gasteiger partial charge < -0.3 is 9.15 Å². The summed E-state index contributed by atoms with van der Waals surface area (Å²) >= 11 is 11.0. The zero-order valence-corrected chi connectivity index (χ0v) is 14.2. The SMILES string of the molecule is Cc1cccc(Cl)c1COc1ccc(/C=N\Nc2nc(=S)[nH][nH]2)o1. The van der Waals surface area contributed by atoms with Gasteiger partial charge in [-0.05, 0) is 36.8 Å². The van der Waals surface area contributed by atoms with E-state index >= 15 is 0 Å². The number of halogens is 1. The van der Waals surface area contributed by atoms with Gasteiger partial charge in [-0.15, -0.1) is 0 Å². The van der Waals surface area contributed by atoms with Crippen LogP contribution in [-0.4, -0.2) is 21.4 Å². The van der Waals surface area contributed by atoms with Gasteiger partial charge in [-0.1, -0.05) is 23.7 Å². The molecule has 0 aliphatic rings. The molecule has 124 valence electrons. The molecular weight excluding hydrogens is 350 g/mol. The fraction of sp³-hybridized carbons (Fsp3) is 0.133. The number of hydrogen-bond acceptors (Lipinski definition) is 6. The van der Waals surface area contributed by atoms with E-state index < -0.39 is 0 Å². The van der Waals surface area contributed by atoms with Gasteiger partial charge in [-0.25, -0.2) is 5.43 Å². The molecule has 2 heterocycles. The molecule has 2 aromatic heterocycles. The van der Waals surface area contributed by atoms with Gasteiger partial charge in [0.25, 0.3) is 5.95 Å². The van der Waals surface area contributed by atoms with Gasteiger partial charge in [0.1, 0.15) is 6.61 Å². The molecule has 3 rings (SSSR count). The molecule has 0 spiro atoms. The monoisotopic (exact) mass is 363 g/mol. The minimum absolute atomic E-state index is 0.331. The Morgan fingerprint density at radius 3 is 3.00 bits per heavy atom. The van der Waals surface area contributed by atoms with Crippen molar-refractivity contribution in [3.8, 4) is 5.95 Å². The van der Waals surface area contributed by atoms with Crippen molar-refractivity contribution < 1.29 is 9.15 Å². The van der Waals surface area contributed by atoms with Crippen molar-refractivity contribution in [2.45, 2.75) is 13.5 Å². The number of ether oxygens (including phenoxy) is 1. The second-order valence-electron chi connectivity index (χ2n) is 4.87. The van der Waals surface area contributed by atoms with Crippen molar-refractivity contribution in [2.75, 3.05) is 5.43 Å². The Bertz CT molecular complexity index is 894. The van der Waals surface area contributed by atoms with Crippen LogP contribution >= 0.6 is 23.8 Å². The average molecular weight is 364 g/mol. The minimum Gasteiger partial charge on any atom is -0.460 e. The number of furan rings is 1. The highest BCUT2D eigenvalue weighted by Gasteiger charge is 2.07. The van der Waals surface area contributed by atoms with Crippen molar-refractivity contribution in [3.63, 3.8) is 0 Å². The first-order valence-electron chi connectivity index (χ1n) is 7.02. The van der Waals surface area contributed by atoms with Crippen molar-refractivity contribution in [1.29, 1.82) is 0 Å². The van der Waals surface area contributed by atoms with Gasteiger partial charge in [-0.3, -0.25) is 10.2 Å². The Morgan fingerprint density at radius 2 is 2.25 bits per heavy atom. The third-order valence-corrected chi connectivity index (χ3v) is 3.72. The molecule has 0 atom stereocenters. The summed E-state index contributed by atoms with van der Waals surface area (Å²) in [6.45, 7) is 2.31. The molecule has 24 heavy (non-hydrogen) atoms. The Morgan fingerprint density at radius 1 is 1.38 bits per heavy atom. The molecule has 0 saturated carbocycles. The van der Waals surface area contributed by atoms with Crippen LogP contribution in [0.4, 0.5) is 5.95 Å². The Hall–Kier alpha value is -2.58. The highest BCUT2D eigenvalue weighted by Crippen LogP contribution is 2.22. The quantitative estimate of drug-likeness (QED) is 0.349. The topological polar surface area (TPSA) is 91.2 Å². The van der Waals surface area contributed by atoms with Crippen LogP contribution < -0.4 is 10.2 Å². The van der Waals surface area contributed by atoms with Gasteiger partial charge in [0.15, 0.2) is 5.76 Å². The number of anilines is 1. The number of nitrogens with zero attached hydrogens (tertiary/aromatic N) is 2. The average Bonchev–Trinajstić information content (AvgIpc) is 3.16. The van der Waals surface area contributed by atoms with Crippen LogP contribution in [0.2, 0.25) is 5.02 Å². The summed E-state index contributed by atoms with van der Waals surface area (Å²) in [5, 5.41) is 10.0. The van der Waals surface area contributed by atoms with Gasteiger partial charge >= 0.3 is 0 Å². The molecular formula is C15H14ClN5O2S. The van der Waals surface area contributed by atoms with Crippen LogP contribution in [0.1, 0.15) is 16.9 Å². The predicted octanol–water partition coefficient (Wildman–Crippen LogP) is 4.05. The van der Waals surface area contributed by atoms with E-state index in [4.69, 9.17) is 33.0 Å². The lowest BCUT2D eigenvalue weighted by molar-refractivity contribution is 0.231. The van der Waals surface area contributed by atoms with Crippen LogP contribution in [0.5, 0.6) is 5.95 Å². The van der Waals surface area contributed by atoms with Gasteiger partial charge in [0.05, 0.1) is 6.21 Å². The van der Waals surface area contributed by atoms with E-state index in [2.05, 4.69) is 25.7 Å². The normalized spacial score (nSPS) is 11.1. The summed E-state index contributed by atoms with van der Waals surface area (Å²) in [5.41, 5.74) is 4.68. The summed E-state index contributed by atoms with van der Waals surface area (Å²) in [4.78, 5) is 3.94. The van der Waals surface area contributed by atoms with Crippen LogP contribution in [-0.2, 0) is 6.61 Å². The van der Waals surface area contributed by atoms with E-state index in [1.807, 2.05) is 25.1 Å². The first-order valence-corrected chi connectivity index (χ1v) is 7.81. The first kappa shape index (κ1) is 16.3. The van der Waals surface area contributed by atoms with Crippen molar-refractivity contribution in [2.24, 2.45) is 5.10 Å². The lowest BCUT2D eigenvalue weighted by atomic mass is 10.1. The number of aromatic nitrogens is 3. The number of rotatable bonds is 6. The van der Waals surface area contributed by atoms with Crippen molar-refractivity contribution >= 4 is 36.0 Å². The maximum absolute atomic E-state index is 6.17. The Balaban J connectivity index is 1.58. The largest absolute Gasteiger partial charge is 0.460 e. The van der Waals surface area contributed by atoms with Crippen LogP contribution in [0.25, 0.3) is 0 Å². The number of H-pyrrole nitrogens is 2. The highest BCUT2D eigenvalue weighted by molar-refractivity contribution is 7.71. The predicted molar refractivity (Wildman–Crippen MR) is 94.2 cm³/mol. The molecule has 9 heteroatoms. The van der Waals surface area contributed by atoms with E-state index in [-0.39, 0.29) is 0 Å². The van der Waals surface area contributed by atoms with Crippen LogP contribution in [0.15, 0.2) is 39.9 Å². The second kappa shape index (κ2) is 7.33. The number of aromatic amines is 2. The summed E-state index contributed by atoms with van der Waals surface area (Å²) in [6.07, 6.45) is 1.50. The molecule has 0 radical (unpaired) electrons. The molecule has 0 bridgehead atoms. The smallest absolute Gasteiger partial charge is 0.285 e. The molecule has 0 aliphatic carbocycles. The van der Waals surface area contributed by atoms with E-state index in [0.29, 0.717) is 34.1 Å². The molecule has 1 aromatic carbocycles. The Labute approximate surface area is 147 Å². The molecule has 3 aromatic rings. The zero-order chi connectivity index (χ0) is 16.9. The van der Waals surface area contributed by atoms with Gasteiger partial charge in [0, 0.05) is 16.7 Å². The number of hydrazone groups is 1.